The summed E-state index contributed by atoms with van der Waals surface area (Å²) in [6.07, 6.45) is -16.8. The van der Waals surface area contributed by atoms with Crippen LogP contribution in [-0.2, 0) is 45.1 Å². The molecule has 3 amide bonds. The molecule has 0 saturated carbocycles. The van der Waals surface area contributed by atoms with E-state index < -0.39 is 90.4 Å². The molecule has 320 valence electrons. The highest BCUT2D eigenvalue weighted by atomic mass is 19.4. The van der Waals surface area contributed by atoms with Crippen molar-refractivity contribution in [2.24, 2.45) is 5.73 Å². The first-order valence-electron chi connectivity index (χ1n) is 17.3. The smallest absolute Gasteiger partial charge is 0.484 e. The molecule has 4 aromatic carbocycles. The fourth-order valence-corrected chi connectivity index (χ4v) is 5.19. The van der Waals surface area contributed by atoms with Crippen molar-refractivity contribution in [3.63, 3.8) is 0 Å². The van der Waals surface area contributed by atoms with Gasteiger partial charge in [-0.3, -0.25) is 14.4 Å². The number of carbonyl (C=O) groups excluding carboxylic acids is 5. The van der Waals surface area contributed by atoms with Crippen LogP contribution in [0.5, 0.6) is 17.2 Å². The number of benzene rings is 4. The van der Waals surface area contributed by atoms with Crippen LogP contribution in [-0.4, -0.2) is 66.9 Å². The van der Waals surface area contributed by atoms with Gasteiger partial charge in [0.15, 0.2) is 18.1 Å². The summed E-state index contributed by atoms with van der Waals surface area (Å²) in [5.74, 6) is -12.6. The molecule has 0 aromatic heterocycles. The normalized spacial score (nSPS) is 12.7. The van der Waals surface area contributed by atoms with Crippen LogP contribution in [0.4, 0.5) is 39.5 Å². The number of amides is 3. The Labute approximate surface area is 334 Å². The summed E-state index contributed by atoms with van der Waals surface area (Å²) in [4.78, 5) is 64.9. The van der Waals surface area contributed by atoms with Crippen LogP contribution in [0.25, 0.3) is 0 Å². The van der Waals surface area contributed by atoms with Crippen molar-refractivity contribution in [3.8, 4) is 17.2 Å². The first kappa shape index (κ1) is 46.1. The highest BCUT2D eigenvalue weighted by Gasteiger charge is 2.45. The van der Waals surface area contributed by atoms with Crippen molar-refractivity contribution in [1.29, 1.82) is 0 Å². The number of ether oxygens (including phenoxy) is 3. The number of halogens is 9. The number of carbonyl (C=O) groups is 5. The molecule has 12 nitrogen and oxygen atoms in total. The quantitative estimate of drug-likeness (QED) is 0.0653. The Morgan fingerprint density at radius 1 is 0.583 bits per heavy atom. The van der Waals surface area contributed by atoms with Gasteiger partial charge in [-0.25, -0.2) is 9.59 Å². The highest BCUT2D eigenvalue weighted by Crippen LogP contribution is 2.35. The average molecular weight is 857 g/mol. The van der Waals surface area contributed by atoms with Crippen LogP contribution in [0.3, 0.4) is 0 Å². The van der Waals surface area contributed by atoms with Crippen molar-refractivity contribution in [1.82, 2.24) is 16.0 Å². The van der Waals surface area contributed by atoms with Gasteiger partial charge in [-0.2, -0.15) is 39.5 Å². The topological polar surface area (TPSA) is 175 Å². The lowest BCUT2D eigenvalue weighted by molar-refractivity contribution is -0.191. The number of hydrogen-bond acceptors (Lipinski definition) is 9. The van der Waals surface area contributed by atoms with Crippen molar-refractivity contribution in [2.45, 2.75) is 56.5 Å². The molecule has 0 bridgehead atoms. The van der Waals surface area contributed by atoms with Gasteiger partial charge in [0.2, 0.25) is 11.8 Å². The minimum atomic E-state index is -5.77. The molecule has 0 fully saturated rings. The summed E-state index contributed by atoms with van der Waals surface area (Å²) in [6.45, 7) is -1.39. The molecule has 0 aliphatic rings. The van der Waals surface area contributed by atoms with Crippen molar-refractivity contribution in [3.05, 3.63) is 125 Å². The van der Waals surface area contributed by atoms with Gasteiger partial charge in [0.05, 0.1) is 5.56 Å². The maximum atomic E-state index is 14.1. The molecular weight excluding hydrogens is 823 g/mol. The molecule has 0 saturated heterocycles. The number of alkyl halides is 9. The number of rotatable bonds is 16. The molecule has 4 aromatic rings. The fourth-order valence-electron chi connectivity index (χ4n) is 5.19. The van der Waals surface area contributed by atoms with Gasteiger partial charge in [0, 0.05) is 25.9 Å². The zero-order valence-electron chi connectivity index (χ0n) is 30.7. The minimum Gasteiger partial charge on any atom is -0.484 e. The van der Waals surface area contributed by atoms with Gasteiger partial charge in [-0.15, -0.1) is 0 Å². The van der Waals surface area contributed by atoms with E-state index in [0.29, 0.717) is 23.3 Å². The third-order valence-electron chi connectivity index (χ3n) is 8.11. The number of para-hydroxylation sites is 1. The van der Waals surface area contributed by atoms with Crippen LogP contribution in [0, 0.1) is 0 Å². The number of hydrogen-bond donors (Lipinski definition) is 4. The Hall–Kier alpha value is -6.64. The fraction of sp³-hybridized carbons (Fsp3) is 0.256. The van der Waals surface area contributed by atoms with Gasteiger partial charge in [-0.1, -0.05) is 72.8 Å². The molecule has 1 unspecified atom stereocenters. The number of nitrogens with one attached hydrogen (secondary N) is 3. The number of nitrogens with two attached hydrogens (primary N) is 1. The van der Waals surface area contributed by atoms with Crippen LogP contribution >= 0.6 is 0 Å². The SMILES string of the molecule is NCc1ccc(CNC(=O)[C@H](Cc2ccccc2)NC(=O)C(Cc2ccc(OCC(F)(F)F)cc2)NC(=O)c2cccc(OC(=O)C(F)(F)F)c2OC(=O)C(F)(F)F)cc1. The maximum Gasteiger partial charge on any atom is 0.491 e. The first-order chi connectivity index (χ1) is 28.1. The molecule has 2 atom stereocenters. The third-order valence-corrected chi connectivity index (χ3v) is 8.11. The Morgan fingerprint density at radius 3 is 1.68 bits per heavy atom. The summed E-state index contributed by atoms with van der Waals surface area (Å²) < 4.78 is 130. The summed E-state index contributed by atoms with van der Waals surface area (Å²) in [5, 5.41) is 7.37. The summed E-state index contributed by atoms with van der Waals surface area (Å²) in [7, 11) is 0. The number of esters is 2. The lowest BCUT2D eigenvalue weighted by atomic mass is 10.0. The van der Waals surface area contributed by atoms with Gasteiger partial charge >= 0.3 is 30.5 Å². The molecule has 0 spiro atoms. The molecule has 4 rings (SSSR count). The van der Waals surface area contributed by atoms with Gasteiger partial charge in [0.1, 0.15) is 17.8 Å². The molecule has 0 radical (unpaired) electrons. The van der Waals surface area contributed by atoms with Crippen molar-refractivity contribution in [2.75, 3.05) is 6.61 Å². The zero-order chi connectivity index (χ0) is 44.3. The van der Waals surface area contributed by atoms with Crippen LogP contribution < -0.4 is 35.9 Å². The van der Waals surface area contributed by atoms with Crippen LogP contribution in [0.15, 0.2) is 97.1 Å². The molecule has 21 heteroatoms. The van der Waals surface area contributed by atoms with Gasteiger partial charge in [0.25, 0.3) is 5.91 Å². The predicted octanol–water partition coefficient (Wildman–Crippen LogP) is 5.41. The highest BCUT2D eigenvalue weighted by molar-refractivity contribution is 6.02. The first-order valence-corrected chi connectivity index (χ1v) is 17.3. The average Bonchev–Trinajstić information content (AvgIpc) is 3.19. The van der Waals surface area contributed by atoms with Crippen molar-refractivity contribution >= 4 is 29.7 Å². The molecule has 60 heavy (non-hydrogen) atoms. The zero-order valence-corrected chi connectivity index (χ0v) is 30.7. The maximum absolute atomic E-state index is 14.1. The van der Waals surface area contributed by atoms with E-state index in [0.717, 1.165) is 23.8 Å². The second-order valence-corrected chi connectivity index (χ2v) is 12.7. The Balaban J connectivity index is 1.70. The van der Waals surface area contributed by atoms with Gasteiger partial charge < -0.3 is 35.9 Å². The molecule has 0 aliphatic heterocycles. The molecule has 0 heterocycles. The Kier molecular flexibility index (Phi) is 15.3. The second kappa shape index (κ2) is 19.9. The van der Waals surface area contributed by atoms with E-state index in [2.05, 4.69) is 30.2 Å². The second-order valence-electron chi connectivity index (χ2n) is 12.7. The van der Waals surface area contributed by atoms with Crippen molar-refractivity contribution < 1.29 is 77.7 Å². The molecular formula is C39H33F9N4O8. The van der Waals surface area contributed by atoms with E-state index in [1.807, 2.05) is 0 Å². The summed E-state index contributed by atoms with van der Waals surface area (Å²) >= 11 is 0. The summed E-state index contributed by atoms with van der Waals surface area (Å²) in [6, 6.07) is 18.5. The lowest BCUT2D eigenvalue weighted by Crippen LogP contribution is -2.55. The minimum absolute atomic E-state index is 0.0115. The third kappa shape index (κ3) is 14.0. The standard InChI is InChI=1S/C39H33F9N4O8/c40-37(41,42)21-58-26-15-13-23(14-16-26)18-29(51-32(53)27-7-4-8-30(59-35(56)38(43,44)45)31(27)60-36(57)39(46,47)48)34(55)52-28(17-22-5-2-1-3-6-22)33(54)50-20-25-11-9-24(19-49)10-12-25/h1-16,28-29H,17-21,49H2,(H,50,54)(H,51,53)(H,52,55)/t28-,29?/m0/s1. The van der Waals surface area contributed by atoms with E-state index >= 15 is 0 Å². The van der Waals surface area contributed by atoms with E-state index in [9.17, 15) is 63.5 Å². The van der Waals surface area contributed by atoms with E-state index in [-0.39, 0.29) is 30.8 Å². The van der Waals surface area contributed by atoms with E-state index in [4.69, 9.17) is 5.73 Å². The predicted molar refractivity (Wildman–Crippen MR) is 191 cm³/mol. The van der Waals surface area contributed by atoms with Gasteiger partial charge in [-0.05, 0) is 46.5 Å². The Bertz CT molecular complexity index is 2130. The van der Waals surface area contributed by atoms with E-state index in [1.165, 1.54) is 12.1 Å². The van der Waals surface area contributed by atoms with E-state index in [1.54, 1.807) is 54.6 Å². The largest absolute Gasteiger partial charge is 0.491 e. The Morgan fingerprint density at radius 2 is 1.12 bits per heavy atom. The van der Waals surface area contributed by atoms with Crippen LogP contribution in [0.2, 0.25) is 0 Å². The summed E-state index contributed by atoms with van der Waals surface area (Å²) in [5.41, 5.74) is 6.68. The lowest BCUT2D eigenvalue weighted by Gasteiger charge is -2.24. The monoisotopic (exact) mass is 856 g/mol. The van der Waals surface area contributed by atoms with Crippen LogP contribution in [0.1, 0.15) is 32.6 Å². The molecule has 5 N–H and O–H groups in total. The molecule has 0 aliphatic carbocycles.